The zero-order chi connectivity index (χ0) is 12.4. The molecule has 0 spiro atoms. The molecule has 0 aliphatic rings. The molecule has 0 aliphatic heterocycles. The lowest BCUT2D eigenvalue weighted by molar-refractivity contribution is 0.356. The Balaban J connectivity index is 2.63. The molecule has 0 saturated heterocycles. The summed E-state index contributed by atoms with van der Waals surface area (Å²) in [5, 5.41) is 0. The summed E-state index contributed by atoms with van der Waals surface area (Å²) in [6, 6.07) is 5.62. The number of nitrogens with two attached hydrogens (primary N) is 1. The average molecular weight is 233 g/mol. The van der Waals surface area contributed by atoms with E-state index in [0.29, 0.717) is 23.0 Å². The van der Waals surface area contributed by atoms with E-state index in [0.717, 1.165) is 5.56 Å². The summed E-state index contributed by atoms with van der Waals surface area (Å²) in [6.07, 6.45) is 1.67. The minimum atomic E-state index is 0.594. The van der Waals surface area contributed by atoms with E-state index >= 15 is 0 Å². The largest absolute Gasteiger partial charge is 0.493 e. The number of aromatic nitrogens is 2. The number of methoxy groups -OCH3 is 2. The van der Waals surface area contributed by atoms with Crippen molar-refractivity contribution >= 4 is 5.82 Å². The Morgan fingerprint density at radius 3 is 2.53 bits per heavy atom. The quantitative estimate of drug-likeness (QED) is 0.876. The molecule has 5 nitrogen and oxygen atoms in total. The molecule has 0 aliphatic carbocycles. The Bertz CT molecular complexity index is 535. The summed E-state index contributed by atoms with van der Waals surface area (Å²) in [4.78, 5) is 4.27. The van der Waals surface area contributed by atoms with E-state index < -0.39 is 0 Å². The van der Waals surface area contributed by atoms with Crippen molar-refractivity contribution in [2.24, 2.45) is 7.05 Å². The Labute approximate surface area is 99.8 Å². The number of rotatable bonds is 3. The maximum atomic E-state index is 5.95. The Kier molecular flexibility index (Phi) is 2.91. The van der Waals surface area contributed by atoms with Crippen molar-refractivity contribution in [2.45, 2.75) is 0 Å². The third-order valence-corrected chi connectivity index (χ3v) is 2.64. The Morgan fingerprint density at radius 1 is 1.24 bits per heavy atom. The van der Waals surface area contributed by atoms with E-state index in [9.17, 15) is 0 Å². The lowest BCUT2D eigenvalue weighted by Crippen LogP contribution is -1.98. The van der Waals surface area contributed by atoms with E-state index in [1.54, 1.807) is 25.1 Å². The zero-order valence-electron chi connectivity index (χ0n) is 10.1. The molecule has 0 unspecified atom stereocenters. The first kappa shape index (κ1) is 11.3. The van der Waals surface area contributed by atoms with Crippen molar-refractivity contribution in [2.75, 3.05) is 20.0 Å². The Morgan fingerprint density at radius 2 is 2.00 bits per heavy atom. The standard InChI is InChI=1S/C12H15N3O2/c1-15-7-14-10(12(15)13)8-5-4-6-9(16-2)11(8)17-3/h4-7H,13H2,1-3H3. The van der Waals surface area contributed by atoms with Crippen molar-refractivity contribution < 1.29 is 9.47 Å². The summed E-state index contributed by atoms with van der Waals surface area (Å²) in [7, 11) is 5.04. The third kappa shape index (κ3) is 1.80. The molecule has 0 amide bonds. The zero-order valence-corrected chi connectivity index (χ0v) is 10.1. The van der Waals surface area contributed by atoms with Gasteiger partial charge in [-0.15, -0.1) is 0 Å². The van der Waals surface area contributed by atoms with Crippen molar-refractivity contribution in [1.82, 2.24) is 9.55 Å². The van der Waals surface area contributed by atoms with E-state index in [2.05, 4.69) is 4.98 Å². The average Bonchev–Trinajstić information content (AvgIpc) is 2.69. The molecule has 0 atom stereocenters. The first-order valence-corrected chi connectivity index (χ1v) is 5.17. The fourth-order valence-corrected chi connectivity index (χ4v) is 1.72. The number of benzene rings is 1. The second-order valence-corrected chi connectivity index (χ2v) is 3.63. The van der Waals surface area contributed by atoms with Gasteiger partial charge in [0.1, 0.15) is 11.5 Å². The van der Waals surface area contributed by atoms with Crippen molar-refractivity contribution in [3.05, 3.63) is 24.5 Å². The molecule has 0 saturated carbocycles. The number of hydrogen-bond donors (Lipinski definition) is 1. The van der Waals surface area contributed by atoms with Crippen LogP contribution in [0.25, 0.3) is 11.3 Å². The van der Waals surface area contributed by atoms with Crippen molar-refractivity contribution in [3.63, 3.8) is 0 Å². The highest BCUT2D eigenvalue weighted by molar-refractivity contribution is 5.78. The van der Waals surface area contributed by atoms with Crippen LogP contribution in [0.15, 0.2) is 24.5 Å². The van der Waals surface area contributed by atoms with Crippen LogP contribution >= 0.6 is 0 Å². The van der Waals surface area contributed by atoms with Gasteiger partial charge in [0.2, 0.25) is 0 Å². The molecular weight excluding hydrogens is 218 g/mol. The van der Waals surface area contributed by atoms with Gasteiger partial charge in [-0.25, -0.2) is 4.98 Å². The predicted octanol–water partition coefficient (Wildman–Crippen LogP) is 1.69. The first-order valence-electron chi connectivity index (χ1n) is 5.17. The molecule has 2 aromatic rings. The lowest BCUT2D eigenvalue weighted by atomic mass is 10.1. The Hall–Kier alpha value is -2.17. The molecular formula is C12H15N3O2. The molecule has 0 fully saturated rings. The van der Waals surface area contributed by atoms with Crippen molar-refractivity contribution in [3.8, 4) is 22.8 Å². The molecule has 5 heteroatoms. The highest BCUT2D eigenvalue weighted by Gasteiger charge is 2.16. The van der Waals surface area contributed by atoms with Gasteiger partial charge < -0.3 is 19.8 Å². The van der Waals surface area contributed by atoms with Gasteiger partial charge in [-0.1, -0.05) is 6.07 Å². The van der Waals surface area contributed by atoms with Crippen LogP contribution in [0.3, 0.4) is 0 Å². The number of nitrogen functional groups attached to an aromatic ring is 1. The van der Waals surface area contributed by atoms with Crippen LogP contribution in [0.2, 0.25) is 0 Å². The van der Waals surface area contributed by atoms with Gasteiger partial charge in [0.05, 0.1) is 20.5 Å². The SMILES string of the molecule is COc1cccc(-c2ncn(C)c2N)c1OC. The first-order chi connectivity index (χ1) is 8.19. The highest BCUT2D eigenvalue weighted by Crippen LogP contribution is 2.38. The van der Waals surface area contributed by atoms with Gasteiger partial charge in [-0.3, -0.25) is 0 Å². The number of aryl methyl sites for hydroxylation is 1. The topological polar surface area (TPSA) is 62.3 Å². The third-order valence-electron chi connectivity index (χ3n) is 2.64. The van der Waals surface area contributed by atoms with Gasteiger partial charge >= 0.3 is 0 Å². The summed E-state index contributed by atoms with van der Waals surface area (Å²) in [5.74, 6) is 1.90. The minimum Gasteiger partial charge on any atom is -0.493 e. The number of nitrogens with zero attached hydrogens (tertiary/aromatic N) is 2. The molecule has 1 aromatic heterocycles. The molecule has 0 radical (unpaired) electrons. The van der Waals surface area contributed by atoms with Crippen LogP contribution in [0.1, 0.15) is 0 Å². The fourth-order valence-electron chi connectivity index (χ4n) is 1.72. The number of ether oxygens (including phenoxy) is 2. The minimum absolute atomic E-state index is 0.594. The van der Waals surface area contributed by atoms with Gasteiger partial charge in [-0.2, -0.15) is 0 Å². The summed E-state index contributed by atoms with van der Waals surface area (Å²) < 4.78 is 12.4. The fraction of sp³-hybridized carbons (Fsp3) is 0.250. The molecule has 17 heavy (non-hydrogen) atoms. The van der Waals surface area contributed by atoms with Gasteiger partial charge in [0, 0.05) is 12.6 Å². The van der Waals surface area contributed by atoms with Gasteiger partial charge in [0.25, 0.3) is 0 Å². The van der Waals surface area contributed by atoms with E-state index in [1.807, 2.05) is 25.2 Å². The molecule has 90 valence electrons. The summed E-state index contributed by atoms with van der Waals surface area (Å²) in [5.41, 5.74) is 7.48. The van der Waals surface area contributed by atoms with Crippen LogP contribution in [0, 0.1) is 0 Å². The normalized spacial score (nSPS) is 10.3. The van der Waals surface area contributed by atoms with Gasteiger partial charge in [-0.05, 0) is 12.1 Å². The summed E-state index contributed by atoms with van der Waals surface area (Å²) in [6.45, 7) is 0. The van der Waals surface area contributed by atoms with Crippen LogP contribution in [0.5, 0.6) is 11.5 Å². The number of para-hydroxylation sites is 1. The van der Waals surface area contributed by atoms with Gasteiger partial charge in [0.15, 0.2) is 11.5 Å². The maximum Gasteiger partial charge on any atom is 0.170 e. The number of anilines is 1. The maximum absolute atomic E-state index is 5.95. The van der Waals surface area contributed by atoms with E-state index in [4.69, 9.17) is 15.2 Å². The number of imidazole rings is 1. The molecule has 1 heterocycles. The van der Waals surface area contributed by atoms with Crippen molar-refractivity contribution in [1.29, 1.82) is 0 Å². The lowest BCUT2D eigenvalue weighted by Gasteiger charge is -2.11. The van der Waals surface area contributed by atoms with Crippen LogP contribution in [0.4, 0.5) is 5.82 Å². The second-order valence-electron chi connectivity index (χ2n) is 3.63. The van der Waals surface area contributed by atoms with E-state index in [1.165, 1.54) is 0 Å². The molecule has 2 rings (SSSR count). The molecule has 0 bridgehead atoms. The van der Waals surface area contributed by atoms with Crippen LogP contribution < -0.4 is 15.2 Å². The second kappa shape index (κ2) is 4.37. The molecule has 1 aromatic carbocycles. The van der Waals surface area contributed by atoms with Crippen LogP contribution in [-0.4, -0.2) is 23.8 Å². The number of hydrogen-bond acceptors (Lipinski definition) is 4. The highest BCUT2D eigenvalue weighted by atomic mass is 16.5. The molecule has 2 N–H and O–H groups in total. The summed E-state index contributed by atoms with van der Waals surface area (Å²) >= 11 is 0. The van der Waals surface area contributed by atoms with Crippen LogP contribution in [-0.2, 0) is 7.05 Å². The smallest absolute Gasteiger partial charge is 0.170 e. The van der Waals surface area contributed by atoms with E-state index in [-0.39, 0.29) is 0 Å². The monoisotopic (exact) mass is 233 g/mol. The predicted molar refractivity (Wildman–Crippen MR) is 66.2 cm³/mol.